The molecule has 0 aliphatic rings. The van der Waals surface area contributed by atoms with Crippen molar-refractivity contribution in [2.45, 2.75) is 34.3 Å². The van der Waals surface area contributed by atoms with Gasteiger partial charge in [0.15, 0.2) is 0 Å². The molecular formula is C20H25N3O3. The molecule has 2 aromatic carbocycles. The minimum absolute atomic E-state index is 0.214. The topological polar surface area (TPSA) is 79.5 Å². The fourth-order valence-corrected chi connectivity index (χ4v) is 2.20. The van der Waals surface area contributed by atoms with Crippen LogP contribution in [0.4, 0.5) is 10.5 Å². The first-order chi connectivity index (χ1) is 12.4. The van der Waals surface area contributed by atoms with Gasteiger partial charge in [0.25, 0.3) is 0 Å². The Morgan fingerprint density at radius 2 is 1.77 bits per heavy atom. The number of carbonyl (C=O) groups is 2. The number of anilines is 1. The van der Waals surface area contributed by atoms with Crippen LogP contribution in [0.25, 0.3) is 0 Å². The molecule has 0 saturated heterocycles. The van der Waals surface area contributed by atoms with E-state index in [0.29, 0.717) is 12.3 Å². The standard InChI is InChI=1S/C20H25N3O3/c1-13(2)19(24)22-23-20(25)21-17-8-6-5-7-16(17)12-26-18-11-14(3)9-10-15(18)4/h5-11,13H,12H2,1-4H3,(H,22,24)(H2,21,23,25). The number of para-hydroxylation sites is 1. The van der Waals surface area contributed by atoms with E-state index < -0.39 is 6.03 Å². The van der Waals surface area contributed by atoms with E-state index in [1.165, 1.54) is 0 Å². The number of benzene rings is 2. The van der Waals surface area contributed by atoms with Crippen molar-refractivity contribution in [1.82, 2.24) is 10.9 Å². The lowest BCUT2D eigenvalue weighted by Gasteiger charge is -2.15. The van der Waals surface area contributed by atoms with E-state index in [0.717, 1.165) is 22.4 Å². The Labute approximate surface area is 153 Å². The lowest BCUT2D eigenvalue weighted by Crippen LogP contribution is -2.45. The molecule has 0 aliphatic carbocycles. The number of ether oxygens (including phenoxy) is 1. The van der Waals surface area contributed by atoms with Crippen molar-refractivity contribution in [3.8, 4) is 5.75 Å². The van der Waals surface area contributed by atoms with Crippen molar-refractivity contribution in [2.75, 3.05) is 5.32 Å². The van der Waals surface area contributed by atoms with Gasteiger partial charge in [-0.25, -0.2) is 10.2 Å². The van der Waals surface area contributed by atoms with Crippen LogP contribution in [0.2, 0.25) is 0 Å². The average molecular weight is 355 g/mol. The summed E-state index contributed by atoms with van der Waals surface area (Å²) in [5.74, 6) is 0.341. The number of carbonyl (C=O) groups excluding carboxylic acids is 2. The van der Waals surface area contributed by atoms with Gasteiger partial charge in [0.1, 0.15) is 12.4 Å². The Morgan fingerprint density at radius 1 is 1.04 bits per heavy atom. The Balaban J connectivity index is 2.00. The molecule has 6 heteroatoms. The van der Waals surface area contributed by atoms with Gasteiger partial charge in [-0.3, -0.25) is 10.2 Å². The van der Waals surface area contributed by atoms with E-state index in [9.17, 15) is 9.59 Å². The third-order valence-corrected chi connectivity index (χ3v) is 3.82. The minimum Gasteiger partial charge on any atom is -0.489 e. The van der Waals surface area contributed by atoms with Gasteiger partial charge in [-0.1, -0.05) is 44.2 Å². The van der Waals surface area contributed by atoms with Gasteiger partial charge in [-0.2, -0.15) is 0 Å². The van der Waals surface area contributed by atoms with Gasteiger partial charge in [0.2, 0.25) is 5.91 Å². The Bertz CT molecular complexity index is 788. The molecule has 0 bridgehead atoms. The van der Waals surface area contributed by atoms with Gasteiger partial charge in [-0.15, -0.1) is 0 Å². The maximum Gasteiger partial charge on any atom is 0.337 e. The minimum atomic E-state index is -0.516. The first kappa shape index (κ1) is 19.3. The van der Waals surface area contributed by atoms with Gasteiger partial charge in [0.05, 0.1) is 0 Å². The van der Waals surface area contributed by atoms with Crippen LogP contribution < -0.4 is 20.9 Å². The van der Waals surface area contributed by atoms with E-state index in [-0.39, 0.29) is 11.8 Å². The number of hydrazine groups is 1. The maximum atomic E-state index is 12.0. The van der Waals surface area contributed by atoms with Crippen molar-refractivity contribution < 1.29 is 14.3 Å². The second-order valence-electron chi connectivity index (χ2n) is 6.44. The average Bonchev–Trinajstić information content (AvgIpc) is 2.61. The molecule has 0 unspecified atom stereocenters. The van der Waals surface area contributed by atoms with Crippen molar-refractivity contribution in [3.63, 3.8) is 0 Å². The molecule has 0 aromatic heterocycles. The number of nitrogens with one attached hydrogen (secondary N) is 3. The molecule has 6 nitrogen and oxygen atoms in total. The summed E-state index contributed by atoms with van der Waals surface area (Å²) in [6.45, 7) is 7.81. The molecule has 0 spiro atoms. The number of hydrogen-bond donors (Lipinski definition) is 3. The SMILES string of the molecule is Cc1ccc(C)c(OCc2ccccc2NC(=O)NNC(=O)C(C)C)c1. The van der Waals surface area contributed by atoms with Gasteiger partial charge in [-0.05, 0) is 37.1 Å². The third-order valence-electron chi connectivity index (χ3n) is 3.82. The van der Waals surface area contributed by atoms with Crippen LogP contribution in [-0.4, -0.2) is 11.9 Å². The summed E-state index contributed by atoms with van der Waals surface area (Å²) in [6, 6.07) is 12.9. The van der Waals surface area contributed by atoms with Crippen molar-refractivity contribution >= 4 is 17.6 Å². The van der Waals surface area contributed by atoms with E-state index in [4.69, 9.17) is 4.74 Å². The van der Waals surface area contributed by atoms with Crippen LogP contribution in [0.15, 0.2) is 42.5 Å². The quantitative estimate of drug-likeness (QED) is 0.716. The first-order valence-electron chi connectivity index (χ1n) is 8.51. The second kappa shape index (κ2) is 8.89. The summed E-state index contributed by atoms with van der Waals surface area (Å²) in [6.07, 6.45) is 0. The number of amides is 3. The summed E-state index contributed by atoms with van der Waals surface area (Å²) in [5.41, 5.74) is 8.33. The molecule has 0 atom stereocenters. The molecule has 26 heavy (non-hydrogen) atoms. The van der Waals surface area contributed by atoms with Crippen LogP contribution in [-0.2, 0) is 11.4 Å². The summed E-state index contributed by atoms with van der Waals surface area (Å²) >= 11 is 0. The highest BCUT2D eigenvalue weighted by atomic mass is 16.5. The molecular weight excluding hydrogens is 330 g/mol. The highest BCUT2D eigenvalue weighted by Crippen LogP contribution is 2.22. The summed E-state index contributed by atoms with van der Waals surface area (Å²) in [4.78, 5) is 23.5. The molecule has 0 fully saturated rings. The third kappa shape index (κ3) is 5.51. The predicted octanol–water partition coefficient (Wildman–Crippen LogP) is 3.69. The molecule has 0 heterocycles. The largest absolute Gasteiger partial charge is 0.489 e. The number of hydrogen-bond acceptors (Lipinski definition) is 3. The zero-order valence-electron chi connectivity index (χ0n) is 15.6. The van der Waals surface area contributed by atoms with E-state index in [2.05, 4.69) is 16.2 Å². The molecule has 2 aromatic rings. The van der Waals surface area contributed by atoms with E-state index >= 15 is 0 Å². The lowest BCUT2D eigenvalue weighted by molar-refractivity contribution is -0.124. The molecule has 3 amide bonds. The van der Waals surface area contributed by atoms with E-state index in [1.807, 2.05) is 50.2 Å². The van der Waals surface area contributed by atoms with Crippen LogP contribution in [0, 0.1) is 19.8 Å². The second-order valence-corrected chi connectivity index (χ2v) is 6.44. The maximum absolute atomic E-state index is 12.0. The first-order valence-corrected chi connectivity index (χ1v) is 8.51. The fraction of sp³-hybridized carbons (Fsp3) is 0.300. The van der Waals surface area contributed by atoms with Crippen LogP contribution in [0.5, 0.6) is 5.75 Å². The van der Waals surface area contributed by atoms with Crippen LogP contribution in [0.3, 0.4) is 0 Å². The molecule has 0 radical (unpaired) electrons. The highest BCUT2D eigenvalue weighted by molar-refractivity contribution is 5.91. The molecule has 3 N–H and O–H groups in total. The number of urea groups is 1. The summed E-state index contributed by atoms with van der Waals surface area (Å²) in [7, 11) is 0. The zero-order valence-corrected chi connectivity index (χ0v) is 15.6. The van der Waals surface area contributed by atoms with Crippen molar-refractivity contribution in [3.05, 3.63) is 59.2 Å². The van der Waals surface area contributed by atoms with Crippen LogP contribution in [0.1, 0.15) is 30.5 Å². The van der Waals surface area contributed by atoms with Crippen molar-refractivity contribution in [2.24, 2.45) is 5.92 Å². The molecule has 0 aliphatic heterocycles. The smallest absolute Gasteiger partial charge is 0.337 e. The number of aryl methyl sites for hydroxylation is 2. The fourth-order valence-electron chi connectivity index (χ4n) is 2.20. The lowest BCUT2D eigenvalue weighted by atomic mass is 10.1. The van der Waals surface area contributed by atoms with Gasteiger partial charge >= 0.3 is 6.03 Å². The van der Waals surface area contributed by atoms with Crippen LogP contribution >= 0.6 is 0 Å². The Kier molecular flexibility index (Phi) is 6.60. The monoisotopic (exact) mass is 355 g/mol. The normalized spacial score (nSPS) is 10.3. The zero-order chi connectivity index (χ0) is 19.1. The molecule has 138 valence electrons. The molecule has 2 rings (SSSR count). The Hall–Kier alpha value is -3.02. The molecule has 0 saturated carbocycles. The number of rotatable bonds is 5. The highest BCUT2D eigenvalue weighted by Gasteiger charge is 2.10. The van der Waals surface area contributed by atoms with Gasteiger partial charge < -0.3 is 10.1 Å². The van der Waals surface area contributed by atoms with E-state index in [1.54, 1.807) is 19.9 Å². The summed E-state index contributed by atoms with van der Waals surface area (Å²) < 4.78 is 5.91. The van der Waals surface area contributed by atoms with Crippen molar-refractivity contribution in [1.29, 1.82) is 0 Å². The summed E-state index contributed by atoms with van der Waals surface area (Å²) in [5, 5.41) is 2.72. The van der Waals surface area contributed by atoms with Gasteiger partial charge in [0, 0.05) is 17.2 Å². The predicted molar refractivity (Wildman–Crippen MR) is 102 cm³/mol. The Morgan fingerprint density at radius 3 is 2.50 bits per heavy atom.